The van der Waals surface area contributed by atoms with E-state index in [-0.39, 0.29) is 0 Å². The van der Waals surface area contributed by atoms with Crippen molar-refractivity contribution in [2.45, 2.75) is 34.1 Å². The molecular formula is C18H24. The van der Waals surface area contributed by atoms with Crippen molar-refractivity contribution in [2.24, 2.45) is 5.92 Å². The van der Waals surface area contributed by atoms with Crippen LogP contribution < -0.4 is 0 Å². The van der Waals surface area contributed by atoms with Crippen LogP contribution in [0.4, 0.5) is 0 Å². The predicted molar refractivity (Wildman–Crippen MR) is 82.6 cm³/mol. The number of allylic oxidation sites excluding steroid dienone is 5. The molecule has 96 valence electrons. The summed E-state index contributed by atoms with van der Waals surface area (Å²) in [5.41, 5.74) is 4.97. The van der Waals surface area contributed by atoms with E-state index in [1.807, 2.05) is 0 Å². The Balaban J connectivity index is 2.98. The van der Waals surface area contributed by atoms with E-state index < -0.39 is 0 Å². The van der Waals surface area contributed by atoms with Gasteiger partial charge in [-0.2, -0.15) is 0 Å². The summed E-state index contributed by atoms with van der Waals surface area (Å²) < 4.78 is 0. The van der Waals surface area contributed by atoms with Crippen LogP contribution in [0.25, 0.3) is 5.57 Å². The third-order valence-electron chi connectivity index (χ3n) is 2.88. The second-order valence-corrected chi connectivity index (χ2v) is 5.16. The molecule has 0 fully saturated rings. The molecule has 18 heavy (non-hydrogen) atoms. The van der Waals surface area contributed by atoms with Crippen LogP contribution in [-0.4, -0.2) is 0 Å². The highest BCUT2D eigenvalue weighted by Gasteiger charge is 2.02. The Morgan fingerprint density at radius 3 is 2.50 bits per heavy atom. The van der Waals surface area contributed by atoms with Crippen molar-refractivity contribution in [1.29, 1.82) is 0 Å². The molecule has 1 aromatic carbocycles. The lowest BCUT2D eigenvalue weighted by atomic mass is 9.96. The molecule has 0 atom stereocenters. The number of hydrogen-bond acceptors (Lipinski definition) is 0. The second-order valence-electron chi connectivity index (χ2n) is 5.16. The highest BCUT2D eigenvalue weighted by atomic mass is 14.1. The first-order valence-electron chi connectivity index (χ1n) is 6.62. The standard InChI is InChI=1S/C18H24/c1-6-9-17(12-14(2)3)13-16(5)18-11-8-7-10-15(18)4/h6-11,13-14H,5,12H2,1-4H3/b9-6-,17-13+. The van der Waals surface area contributed by atoms with Gasteiger partial charge in [-0.25, -0.2) is 0 Å². The lowest BCUT2D eigenvalue weighted by Gasteiger charge is -2.09. The average molecular weight is 240 g/mol. The molecule has 0 bridgehead atoms. The Morgan fingerprint density at radius 1 is 1.28 bits per heavy atom. The smallest absolute Gasteiger partial charge is 0.0161 e. The molecule has 0 unspecified atom stereocenters. The van der Waals surface area contributed by atoms with Crippen molar-refractivity contribution in [1.82, 2.24) is 0 Å². The molecule has 0 radical (unpaired) electrons. The zero-order valence-corrected chi connectivity index (χ0v) is 12.0. The fourth-order valence-corrected chi connectivity index (χ4v) is 2.10. The van der Waals surface area contributed by atoms with Gasteiger partial charge in [-0.05, 0) is 48.5 Å². The Morgan fingerprint density at radius 2 is 1.94 bits per heavy atom. The molecule has 0 heteroatoms. The maximum absolute atomic E-state index is 4.20. The summed E-state index contributed by atoms with van der Waals surface area (Å²) in [6.45, 7) is 12.9. The van der Waals surface area contributed by atoms with Crippen LogP contribution >= 0.6 is 0 Å². The Bertz CT molecular complexity index is 459. The molecule has 0 amide bonds. The fourth-order valence-electron chi connectivity index (χ4n) is 2.10. The maximum Gasteiger partial charge on any atom is -0.0161 e. The minimum absolute atomic E-state index is 0.664. The second kappa shape index (κ2) is 7.00. The number of aryl methyl sites for hydroxylation is 1. The molecule has 0 N–H and O–H groups in total. The van der Waals surface area contributed by atoms with Gasteiger partial charge in [0.2, 0.25) is 0 Å². The van der Waals surface area contributed by atoms with E-state index in [9.17, 15) is 0 Å². The summed E-state index contributed by atoms with van der Waals surface area (Å²) in [7, 11) is 0. The van der Waals surface area contributed by atoms with Crippen LogP contribution in [-0.2, 0) is 0 Å². The SMILES string of the molecule is C=C(/C=C(\C=C/C)CC(C)C)c1ccccc1C. The zero-order chi connectivity index (χ0) is 13.5. The average Bonchev–Trinajstić information content (AvgIpc) is 2.28. The van der Waals surface area contributed by atoms with Crippen LogP contribution in [0, 0.1) is 12.8 Å². The molecule has 0 heterocycles. The van der Waals surface area contributed by atoms with E-state index in [1.54, 1.807) is 0 Å². The quantitative estimate of drug-likeness (QED) is 0.591. The molecule has 0 saturated carbocycles. The fraction of sp³-hybridized carbons (Fsp3) is 0.333. The van der Waals surface area contributed by atoms with Crippen LogP contribution in [0.2, 0.25) is 0 Å². The van der Waals surface area contributed by atoms with Gasteiger partial charge in [0.25, 0.3) is 0 Å². The normalized spacial score (nSPS) is 12.4. The van der Waals surface area contributed by atoms with Gasteiger partial charge >= 0.3 is 0 Å². The van der Waals surface area contributed by atoms with Gasteiger partial charge in [0.05, 0.1) is 0 Å². The van der Waals surface area contributed by atoms with Gasteiger partial charge in [0.1, 0.15) is 0 Å². The molecule has 0 nitrogen and oxygen atoms in total. The highest BCUT2D eigenvalue weighted by Crippen LogP contribution is 2.22. The molecule has 0 aromatic heterocycles. The number of benzene rings is 1. The van der Waals surface area contributed by atoms with E-state index in [0.29, 0.717) is 5.92 Å². The van der Waals surface area contributed by atoms with E-state index >= 15 is 0 Å². The summed E-state index contributed by atoms with van der Waals surface area (Å²) in [6.07, 6.45) is 7.58. The Kier molecular flexibility index (Phi) is 5.64. The van der Waals surface area contributed by atoms with Crippen LogP contribution in [0.3, 0.4) is 0 Å². The van der Waals surface area contributed by atoms with E-state index in [2.05, 4.69) is 76.8 Å². The molecule has 0 spiro atoms. The highest BCUT2D eigenvalue weighted by molar-refractivity contribution is 5.75. The van der Waals surface area contributed by atoms with Crippen LogP contribution in [0.1, 0.15) is 38.3 Å². The first-order chi connectivity index (χ1) is 8.54. The van der Waals surface area contributed by atoms with Gasteiger partial charge in [-0.1, -0.05) is 62.9 Å². The molecule has 1 aromatic rings. The first kappa shape index (κ1) is 14.5. The largest absolute Gasteiger partial charge is 0.0911 e. The number of hydrogen-bond donors (Lipinski definition) is 0. The van der Waals surface area contributed by atoms with Crippen LogP contribution in [0.15, 0.2) is 54.6 Å². The minimum atomic E-state index is 0.664. The first-order valence-corrected chi connectivity index (χ1v) is 6.62. The van der Waals surface area contributed by atoms with Crippen molar-refractivity contribution in [3.05, 3.63) is 65.8 Å². The third kappa shape index (κ3) is 4.37. The van der Waals surface area contributed by atoms with Gasteiger partial charge in [0, 0.05) is 0 Å². The van der Waals surface area contributed by atoms with Crippen molar-refractivity contribution in [3.8, 4) is 0 Å². The Labute approximate surface area is 112 Å². The van der Waals surface area contributed by atoms with Gasteiger partial charge in [-0.3, -0.25) is 0 Å². The summed E-state index contributed by atoms with van der Waals surface area (Å²) in [6, 6.07) is 8.40. The number of rotatable bonds is 5. The molecule has 0 aliphatic heterocycles. The topological polar surface area (TPSA) is 0 Å². The Hall–Kier alpha value is -1.56. The lowest BCUT2D eigenvalue weighted by molar-refractivity contribution is 0.650. The zero-order valence-electron chi connectivity index (χ0n) is 12.0. The van der Waals surface area contributed by atoms with Crippen molar-refractivity contribution in [2.75, 3.05) is 0 Å². The van der Waals surface area contributed by atoms with Crippen molar-refractivity contribution >= 4 is 5.57 Å². The summed E-state index contributed by atoms with van der Waals surface area (Å²) >= 11 is 0. The minimum Gasteiger partial charge on any atom is -0.0911 e. The molecular weight excluding hydrogens is 216 g/mol. The predicted octanol–water partition coefficient (Wildman–Crippen LogP) is 5.56. The molecule has 0 aliphatic carbocycles. The third-order valence-corrected chi connectivity index (χ3v) is 2.88. The van der Waals surface area contributed by atoms with Crippen LogP contribution in [0.5, 0.6) is 0 Å². The van der Waals surface area contributed by atoms with Gasteiger partial charge < -0.3 is 0 Å². The summed E-state index contributed by atoms with van der Waals surface area (Å²) in [4.78, 5) is 0. The van der Waals surface area contributed by atoms with Gasteiger partial charge in [0.15, 0.2) is 0 Å². The van der Waals surface area contributed by atoms with Crippen molar-refractivity contribution in [3.63, 3.8) is 0 Å². The monoisotopic (exact) mass is 240 g/mol. The lowest BCUT2D eigenvalue weighted by Crippen LogP contribution is -1.91. The van der Waals surface area contributed by atoms with Crippen molar-refractivity contribution < 1.29 is 0 Å². The van der Waals surface area contributed by atoms with E-state index in [1.165, 1.54) is 16.7 Å². The molecule has 0 aliphatic rings. The van der Waals surface area contributed by atoms with E-state index in [4.69, 9.17) is 0 Å². The van der Waals surface area contributed by atoms with Gasteiger partial charge in [-0.15, -0.1) is 0 Å². The summed E-state index contributed by atoms with van der Waals surface area (Å²) in [5, 5.41) is 0. The molecule has 1 rings (SSSR count). The maximum atomic E-state index is 4.20. The summed E-state index contributed by atoms with van der Waals surface area (Å²) in [5.74, 6) is 0.664. The van der Waals surface area contributed by atoms with E-state index in [0.717, 1.165) is 12.0 Å². The molecule has 0 saturated heterocycles.